The Morgan fingerprint density at radius 3 is 2.07 bits per heavy atom. The van der Waals surface area contributed by atoms with E-state index < -0.39 is 12.0 Å². The minimum Gasteiger partial charge on any atom is -0.465 e. The molecule has 2 N–H and O–H groups in total. The van der Waals surface area contributed by atoms with Gasteiger partial charge in [-0.15, -0.1) is 0 Å². The van der Waals surface area contributed by atoms with E-state index in [-0.39, 0.29) is 17.7 Å². The minimum absolute atomic E-state index is 0.107. The van der Waals surface area contributed by atoms with Crippen LogP contribution in [-0.4, -0.2) is 30.9 Å². The number of esters is 1. The van der Waals surface area contributed by atoms with Crippen LogP contribution in [0.2, 0.25) is 0 Å². The van der Waals surface area contributed by atoms with E-state index in [0.717, 1.165) is 11.1 Å². The van der Waals surface area contributed by atoms with Gasteiger partial charge in [-0.1, -0.05) is 31.5 Å². The van der Waals surface area contributed by atoms with E-state index >= 15 is 0 Å². The van der Waals surface area contributed by atoms with Crippen molar-refractivity contribution in [2.75, 3.05) is 12.4 Å². The van der Waals surface area contributed by atoms with Crippen molar-refractivity contribution >= 4 is 23.5 Å². The zero-order valence-electron chi connectivity index (χ0n) is 16.8. The van der Waals surface area contributed by atoms with Gasteiger partial charge in [-0.3, -0.25) is 9.59 Å². The highest BCUT2D eigenvalue weighted by atomic mass is 16.5. The highest BCUT2D eigenvalue weighted by Gasteiger charge is 2.25. The van der Waals surface area contributed by atoms with Crippen molar-refractivity contribution in [3.05, 3.63) is 64.7 Å². The highest BCUT2D eigenvalue weighted by Crippen LogP contribution is 2.18. The largest absolute Gasteiger partial charge is 0.465 e. The Labute approximate surface area is 165 Å². The summed E-state index contributed by atoms with van der Waals surface area (Å²) in [6.07, 6.45) is 0. The summed E-state index contributed by atoms with van der Waals surface area (Å²) in [7, 11) is 1.32. The van der Waals surface area contributed by atoms with Crippen LogP contribution in [0.3, 0.4) is 0 Å². The van der Waals surface area contributed by atoms with E-state index in [4.69, 9.17) is 4.74 Å². The maximum Gasteiger partial charge on any atom is 0.337 e. The number of rotatable bonds is 6. The lowest BCUT2D eigenvalue weighted by atomic mass is 10.0. The second-order valence-electron chi connectivity index (χ2n) is 7.07. The number of aryl methyl sites for hydroxylation is 2. The first kappa shape index (κ1) is 21.2. The lowest BCUT2D eigenvalue weighted by Crippen LogP contribution is -2.47. The Morgan fingerprint density at radius 1 is 0.929 bits per heavy atom. The van der Waals surface area contributed by atoms with Gasteiger partial charge in [0, 0.05) is 11.3 Å². The molecule has 2 aromatic carbocycles. The number of anilines is 1. The SMILES string of the molecule is COC(=O)c1ccc(NC(=O)[C@H](NC(=O)c2ccc(C)cc2)C(C)C)c(C)c1. The number of hydrogen-bond acceptors (Lipinski definition) is 4. The number of benzene rings is 2. The molecule has 0 saturated carbocycles. The van der Waals surface area contributed by atoms with Crippen molar-refractivity contribution in [1.29, 1.82) is 0 Å². The first-order chi connectivity index (χ1) is 13.2. The van der Waals surface area contributed by atoms with Crippen molar-refractivity contribution in [3.63, 3.8) is 0 Å². The van der Waals surface area contributed by atoms with Gasteiger partial charge in [0.2, 0.25) is 5.91 Å². The Morgan fingerprint density at radius 2 is 1.54 bits per heavy atom. The molecule has 1 atom stereocenters. The van der Waals surface area contributed by atoms with Gasteiger partial charge in [-0.05, 0) is 55.7 Å². The third kappa shape index (κ3) is 5.19. The molecule has 0 heterocycles. The van der Waals surface area contributed by atoms with Gasteiger partial charge in [0.25, 0.3) is 5.91 Å². The molecule has 0 spiro atoms. The fourth-order valence-electron chi connectivity index (χ4n) is 2.72. The lowest BCUT2D eigenvalue weighted by molar-refractivity contribution is -0.118. The fraction of sp³-hybridized carbons (Fsp3) is 0.318. The van der Waals surface area contributed by atoms with Gasteiger partial charge >= 0.3 is 5.97 Å². The number of amides is 2. The zero-order valence-corrected chi connectivity index (χ0v) is 16.8. The van der Waals surface area contributed by atoms with E-state index in [1.54, 1.807) is 37.3 Å². The summed E-state index contributed by atoms with van der Waals surface area (Å²) < 4.78 is 4.70. The molecule has 2 aromatic rings. The molecule has 0 fully saturated rings. The highest BCUT2D eigenvalue weighted by molar-refractivity contribution is 6.02. The van der Waals surface area contributed by atoms with E-state index in [2.05, 4.69) is 10.6 Å². The Balaban J connectivity index is 2.13. The lowest BCUT2D eigenvalue weighted by Gasteiger charge is -2.22. The van der Waals surface area contributed by atoms with Crippen LogP contribution >= 0.6 is 0 Å². The zero-order chi connectivity index (χ0) is 20.8. The number of carbonyl (C=O) groups is 3. The Kier molecular flexibility index (Phi) is 6.93. The van der Waals surface area contributed by atoms with Crippen molar-refractivity contribution in [2.45, 2.75) is 33.7 Å². The summed E-state index contributed by atoms with van der Waals surface area (Å²) in [5.74, 6) is -1.16. The topological polar surface area (TPSA) is 84.5 Å². The van der Waals surface area contributed by atoms with E-state index in [9.17, 15) is 14.4 Å². The Hall–Kier alpha value is -3.15. The van der Waals surface area contributed by atoms with Crippen LogP contribution in [0.25, 0.3) is 0 Å². The number of ether oxygens (including phenoxy) is 1. The van der Waals surface area contributed by atoms with Crippen molar-refractivity contribution in [2.24, 2.45) is 5.92 Å². The van der Waals surface area contributed by atoms with Gasteiger partial charge in [0.05, 0.1) is 12.7 Å². The van der Waals surface area contributed by atoms with E-state index in [0.29, 0.717) is 16.8 Å². The summed E-state index contributed by atoms with van der Waals surface area (Å²) in [5.41, 5.74) is 3.27. The van der Waals surface area contributed by atoms with Gasteiger partial charge in [0.15, 0.2) is 0 Å². The smallest absolute Gasteiger partial charge is 0.337 e. The summed E-state index contributed by atoms with van der Waals surface area (Å²) >= 11 is 0. The number of hydrogen-bond donors (Lipinski definition) is 2. The predicted molar refractivity (Wildman–Crippen MR) is 108 cm³/mol. The van der Waals surface area contributed by atoms with Gasteiger partial charge in [0.1, 0.15) is 6.04 Å². The molecule has 148 valence electrons. The van der Waals surface area contributed by atoms with Crippen LogP contribution < -0.4 is 10.6 Å². The van der Waals surface area contributed by atoms with Crippen molar-refractivity contribution in [3.8, 4) is 0 Å². The second kappa shape index (κ2) is 9.17. The molecule has 6 heteroatoms. The van der Waals surface area contributed by atoms with Crippen molar-refractivity contribution in [1.82, 2.24) is 5.32 Å². The van der Waals surface area contributed by atoms with Crippen LogP contribution in [0, 0.1) is 19.8 Å². The quantitative estimate of drug-likeness (QED) is 0.749. The molecule has 0 saturated heterocycles. The van der Waals surface area contributed by atoms with E-state index in [1.807, 2.05) is 32.9 Å². The molecule has 0 aliphatic rings. The monoisotopic (exact) mass is 382 g/mol. The molecule has 0 radical (unpaired) electrons. The fourth-order valence-corrected chi connectivity index (χ4v) is 2.72. The molecule has 2 rings (SSSR count). The number of nitrogens with one attached hydrogen (secondary N) is 2. The van der Waals surface area contributed by atoms with Crippen LogP contribution in [0.15, 0.2) is 42.5 Å². The molecule has 0 unspecified atom stereocenters. The maximum atomic E-state index is 12.8. The molecule has 0 aliphatic heterocycles. The standard InChI is InChI=1S/C22H26N2O4/c1-13(2)19(24-20(25)16-8-6-14(3)7-9-16)21(26)23-18-11-10-17(12-15(18)4)22(27)28-5/h6-13,19H,1-5H3,(H,23,26)(H,24,25)/t19-/m1/s1. The average Bonchev–Trinajstić information content (AvgIpc) is 2.66. The van der Waals surface area contributed by atoms with E-state index in [1.165, 1.54) is 7.11 Å². The number of carbonyl (C=O) groups excluding carboxylic acids is 3. The number of methoxy groups -OCH3 is 1. The minimum atomic E-state index is -0.700. The molecule has 0 aliphatic carbocycles. The average molecular weight is 382 g/mol. The molecule has 2 amide bonds. The van der Waals surface area contributed by atoms with Crippen LogP contribution in [0.1, 0.15) is 45.7 Å². The normalized spacial score (nSPS) is 11.6. The summed E-state index contributed by atoms with van der Waals surface area (Å²) in [6.45, 7) is 7.47. The second-order valence-corrected chi connectivity index (χ2v) is 7.07. The van der Waals surface area contributed by atoms with Gasteiger partial charge in [-0.25, -0.2) is 4.79 Å². The summed E-state index contributed by atoms with van der Waals surface area (Å²) in [4.78, 5) is 36.9. The van der Waals surface area contributed by atoms with Crippen LogP contribution in [0.5, 0.6) is 0 Å². The molecule has 28 heavy (non-hydrogen) atoms. The summed E-state index contributed by atoms with van der Waals surface area (Å²) in [5, 5.41) is 5.64. The first-order valence-electron chi connectivity index (χ1n) is 9.10. The van der Waals surface area contributed by atoms with Crippen LogP contribution in [0.4, 0.5) is 5.69 Å². The summed E-state index contributed by atoms with van der Waals surface area (Å²) in [6, 6.07) is 11.4. The maximum absolute atomic E-state index is 12.8. The molecule has 6 nitrogen and oxygen atoms in total. The van der Waals surface area contributed by atoms with Gasteiger partial charge < -0.3 is 15.4 Å². The predicted octanol–water partition coefficient (Wildman–Crippen LogP) is 3.48. The third-order valence-corrected chi connectivity index (χ3v) is 4.45. The molecular formula is C22H26N2O4. The first-order valence-corrected chi connectivity index (χ1v) is 9.10. The van der Waals surface area contributed by atoms with Crippen molar-refractivity contribution < 1.29 is 19.1 Å². The third-order valence-electron chi connectivity index (χ3n) is 4.45. The Bertz CT molecular complexity index is 873. The molecular weight excluding hydrogens is 356 g/mol. The van der Waals surface area contributed by atoms with Gasteiger partial charge in [-0.2, -0.15) is 0 Å². The van der Waals surface area contributed by atoms with Crippen LogP contribution in [-0.2, 0) is 9.53 Å². The molecule has 0 bridgehead atoms. The molecule has 0 aromatic heterocycles.